The fraction of sp³-hybridized carbons (Fsp3) is 0.222. The number of tetrazole rings is 1. The van der Waals surface area contributed by atoms with Gasteiger partial charge >= 0.3 is 0 Å². The van der Waals surface area contributed by atoms with Gasteiger partial charge in [-0.2, -0.15) is 4.31 Å². The van der Waals surface area contributed by atoms with Crippen LogP contribution in [0.3, 0.4) is 0 Å². The molecular weight excluding hydrogens is 437 g/mol. The summed E-state index contributed by atoms with van der Waals surface area (Å²) in [5.41, 5.74) is -0.214. The number of anilines is 1. The molecule has 0 fully saturated rings. The maximum absolute atomic E-state index is 13.8. The van der Waals surface area contributed by atoms with Crippen LogP contribution in [-0.4, -0.2) is 51.9 Å². The van der Waals surface area contributed by atoms with Crippen molar-refractivity contribution in [3.05, 3.63) is 60.2 Å². The van der Waals surface area contributed by atoms with E-state index in [9.17, 15) is 26.4 Å². The Balaban J connectivity index is 1.83. The van der Waals surface area contributed by atoms with E-state index < -0.39 is 45.6 Å². The number of nitrogens with one attached hydrogen (secondary N) is 1. The van der Waals surface area contributed by atoms with Crippen LogP contribution in [0.15, 0.2) is 47.6 Å². The fourth-order valence-corrected chi connectivity index (χ4v) is 4.25. The second-order valence-corrected chi connectivity index (χ2v) is 8.30. The molecule has 2 aromatic carbocycles. The molecule has 1 heterocycles. The molecule has 1 aromatic heterocycles. The number of hydrogen-bond acceptors (Lipinski definition) is 6. The van der Waals surface area contributed by atoms with Crippen LogP contribution in [0.2, 0.25) is 0 Å². The van der Waals surface area contributed by atoms with E-state index in [1.54, 1.807) is 13.0 Å². The van der Waals surface area contributed by atoms with Gasteiger partial charge in [-0.3, -0.25) is 4.79 Å². The lowest BCUT2D eigenvalue weighted by Crippen LogP contribution is -2.38. The van der Waals surface area contributed by atoms with Crippen LogP contribution < -0.4 is 5.32 Å². The second-order valence-electron chi connectivity index (χ2n) is 6.36. The van der Waals surface area contributed by atoms with Crippen molar-refractivity contribution in [2.75, 3.05) is 18.4 Å². The Morgan fingerprint density at radius 2 is 1.94 bits per heavy atom. The van der Waals surface area contributed by atoms with Crippen molar-refractivity contribution in [3.8, 4) is 5.69 Å². The molecule has 0 radical (unpaired) electrons. The number of amides is 1. The minimum atomic E-state index is -4.13. The summed E-state index contributed by atoms with van der Waals surface area (Å²) in [6.45, 7) is 1.04. The number of hydrogen-bond donors (Lipinski definition) is 1. The van der Waals surface area contributed by atoms with Crippen LogP contribution in [0.25, 0.3) is 5.69 Å². The first-order valence-electron chi connectivity index (χ1n) is 9.01. The van der Waals surface area contributed by atoms with E-state index >= 15 is 0 Å². The Bertz CT molecular complexity index is 1190. The Kier molecular flexibility index (Phi) is 6.65. The number of rotatable bonds is 8. The van der Waals surface area contributed by atoms with Crippen LogP contribution in [-0.2, 0) is 14.8 Å². The quantitative estimate of drug-likeness (QED) is 0.522. The van der Waals surface area contributed by atoms with E-state index in [2.05, 4.69) is 20.8 Å². The van der Waals surface area contributed by atoms with Gasteiger partial charge in [0.25, 0.3) is 0 Å². The first-order chi connectivity index (χ1) is 14.7. The molecule has 164 valence electrons. The van der Waals surface area contributed by atoms with E-state index in [1.807, 2.05) is 0 Å². The van der Waals surface area contributed by atoms with E-state index in [4.69, 9.17) is 0 Å². The van der Waals surface area contributed by atoms with Crippen molar-refractivity contribution in [3.63, 3.8) is 0 Å². The van der Waals surface area contributed by atoms with Crippen molar-refractivity contribution in [1.82, 2.24) is 24.5 Å². The summed E-state index contributed by atoms with van der Waals surface area (Å²) in [4.78, 5) is 12.2. The summed E-state index contributed by atoms with van der Waals surface area (Å²) in [7, 11) is -4.13. The van der Waals surface area contributed by atoms with E-state index in [0.29, 0.717) is 18.2 Å². The number of aromatic nitrogens is 4. The van der Waals surface area contributed by atoms with Crippen molar-refractivity contribution < 1.29 is 26.4 Å². The largest absolute Gasteiger partial charge is 0.322 e. The van der Waals surface area contributed by atoms with Gasteiger partial charge in [-0.25, -0.2) is 26.3 Å². The third-order valence-corrected chi connectivity index (χ3v) is 6.01. The van der Waals surface area contributed by atoms with Crippen LogP contribution in [0.1, 0.15) is 13.3 Å². The minimum absolute atomic E-state index is 0.00881. The monoisotopic (exact) mass is 454 g/mol. The zero-order chi connectivity index (χ0) is 22.6. The number of benzene rings is 2. The summed E-state index contributed by atoms with van der Waals surface area (Å²) in [6.07, 6.45) is 1.68. The molecule has 13 heteroatoms. The van der Waals surface area contributed by atoms with Gasteiger partial charge in [0, 0.05) is 6.54 Å². The molecule has 31 heavy (non-hydrogen) atoms. The van der Waals surface area contributed by atoms with Crippen molar-refractivity contribution in [2.24, 2.45) is 0 Å². The van der Waals surface area contributed by atoms with Gasteiger partial charge in [0.05, 0.1) is 22.8 Å². The van der Waals surface area contributed by atoms with Crippen LogP contribution in [0.5, 0.6) is 0 Å². The molecule has 0 unspecified atom stereocenters. The van der Waals surface area contributed by atoms with Crippen LogP contribution in [0.4, 0.5) is 18.9 Å². The third-order valence-electron chi connectivity index (χ3n) is 4.17. The standard InChI is InChI=1S/C18H17F3N6O3S/c1-2-8-26(10-16(28)23-15-7-6-14(19)17(20)18(15)21)31(29,30)13-5-3-4-12(9-13)27-11-22-24-25-27/h3-7,9,11H,2,8,10H2,1H3,(H,23,28). The van der Waals surface area contributed by atoms with Crippen molar-refractivity contribution in [2.45, 2.75) is 18.2 Å². The number of carbonyl (C=O) groups is 1. The van der Waals surface area contributed by atoms with Crippen molar-refractivity contribution >= 4 is 21.6 Å². The molecule has 3 aromatic rings. The van der Waals surface area contributed by atoms with E-state index in [-0.39, 0.29) is 11.4 Å². The molecule has 0 saturated heterocycles. The van der Waals surface area contributed by atoms with Gasteiger partial charge < -0.3 is 5.32 Å². The van der Waals surface area contributed by atoms with Gasteiger partial charge in [0.15, 0.2) is 17.5 Å². The summed E-state index contributed by atoms with van der Waals surface area (Å²) in [5, 5.41) is 12.7. The van der Waals surface area contributed by atoms with Gasteiger partial charge in [0.2, 0.25) is 15.9 Å². The second kappa shape index (κ2) is 9.22. The lowest BCUT2D eigenvalue weighted by atomic mass is 10.2. The highest BCUT2D eigenvalue weighted by Crippen LogP contribution is 2.21. The van der Waals surface area contributed by atoms with E-state index in [1.165, 1.54) is 29.2 Å². The molecule has 0 bridgehead atoms. The van der Waals surface area contributed by atoms with Crippen molar-refractivity contribution in [1.29, 1.82) is 0 Å². The fourth-order valence-electron chi connectivity index (χ4n) is 2.72. The summed E-state index contributed by atoms with van der Waals surface area (Å²) < 4.78 is 68.6. The van der Waals surface area contributed by atoms with Gasteiger partial charge in [-0.05, 0) is 47.2 Å². The summed E-state index contributed by atoms with van der Waals surface area (Å²) >= 11 is 0. The molecule has 0 aliphatic rings. The predicted octanol–water partition coefficient (Wildman–Crippen LogP) is 2.12. The summed E-state index contributed by atoms with van der Waals surface area (Å²) in [5.74, 6) is -5.64. The maximum Gasteiger partial charge on any atom is 0.243 e. The molecule has 0 aliphatic heterocycles. The highest BCUT2D eigenvalue weighted by atomic mass is 32.2. The molecule has 1 amide bonds. The highest BCUT2D eigenvalue weighted by molar-refractivity contribution is 7.89. The number of carbonyl (C=O) groups excluding carboxylic acids is 1. The van der Waals surface area contributed by atoms with Gasteiger partial charge in [0.1, 0.15) is 6.33 Å². The molecule has 1 N–H and O–H groups in total. The Hall–Kier alpha value is -3.32. The van der Waals surface area contributed by atoms with E-state index in [0.717, 1.165) is 10.4 Å². The predicted molar refractivity (Wildman–Crippen MR) is 103 cm³/mol. The maximum atomic E-state index is 13.8. The third kappa shape index (κ3) is 4.88. The SMILES string of the molecule is CCCN(CC(=O)Nc1ccc(F)c(F)c1F)S(=O)(=O)c1cccc(-n2cnnn2)c1. The molecule has 0 aliphatic carbocycles. The lowest BCUT2D eigenvalue weighted by molar-refractivity contribution is -0.116. The first-order valence-corrected chi connectivity index (χ1v) is 10.4. The number of nitrogens with zero attached hydrogens (tertiary/aromatic N) is 5. The average Bonchev–Trinajstić information content (AvgIpc) is 3.29. The highest BCUT2D eigenvalue weighted by Gasteiger charge is 2.27. The Labute approximate surface area is 175 Å². The normalized spacial score (nSPS) is 11.6. The molecule has 0 saturated carbocycles. The van der Waals surface area contributed by atoms with Crippen LogP contribution >= 0.6 is 0 Å². The first kappa shape index (κ1) is 22.4. The topological polar surface area (TPSA) is 110 Å². The zero-order valence-electron chi connectivity index (χ0n) is 16.2. The molecule has 0 atom stereocenters. The molecule has 0 spiro atoms. The average molecular weight is 454 g/mol. The number of halogens is 3. The Morgan fingerprint density at radius 1 is 1.16 bits per heavy atom. The molecule has 3 rings (SSSR count). The molecular formula is C18H17F3N6O3S. The summed E-state index contributed by atoms with van der Waals surface area (Å²) in [6, 6.07) is 7.27. The lowest BCUT2D eigenvalue weighted by Gasteiger charge is -2.21. The van der Waals surface area contributed by atoms with Gasteiger partial charge in [-0.15, -0.1) is 5.10 Å². The Morgan fingerprint density at radius 3 is 2.61 bits per heavy atom. The minimum Gasteiger partial charge on any atom is -0.322 e. The zero-order valence-corrected chi connectivity index (χ0v) is 17.0. The van der Waals surface area contributed by atoms with Gasteiger partial charge in [-0.1, -0.05) is 13.0 Å². The van der Waals surface area contributed by atoms with Crippen LogP contribution in [0, 0.1) is 17.5 Å². The molecule has 9 nitrogen and oxygen atoms in total. The smallest absolute Gasteiger partial charge is 0.243 e. The number of sulfonamides is 1.